The van der Waals surface area contributed by atoms with E-state index in [1.807, 2.05) is 25.1 Å². The SMILES string of the molecule is CCOc1ccccc1C(=O)COCCC(C)(C)C. The van der Waals surface area contributed by atoms with Gasteiger partial charge in [-0.05, 0) is 30.9 Å². The first kappa shape index (κ1) is 15.7. The average molecular weight is 264 g/mol. The van der Waals surface area contributed by atoms with Gasteiger partial charge < -0.3 is 9.47 Å². The lowest BCUT2D eigenvalue weighted by molar-refractivity contribution is 0.0702. The zero-order valence-corrected chi connectivity index (χ0v) is 12.4. The average Bonchev–Trinajstić information content (AvgIpc) is 2.34. The van der Waals surface area contributed by atoms with E-state index in [4.69, 9.17) is 9.47 Å². The Morgan fingerprint density at radius 1 is 1.21 bits per heavy atom. The first-order valence-corrected chi connectivity index (χ1v) is 6.77. The summed E-state index contributed by atoms with van der Waals surface area (Å²) in [7, 11) is 0. The van der Waals surface area contributed by atoms with Crippen LogP contribution in [-0.2, 0) is 4.74 Å². The lowest BCUT2D eigenvalue weighted by Crippen LogP contribution is -2.15. The van der Waals surface area contributed by atoms with Gasteiger partial charge in [-0.1, -0.05) is 32.9 Å². The van der Waals surface area contributed by atoms with Crippen molar-refractivity contribution in [3.63, 3.8) is 0 Å². The summed E-state index contributed by atoms with van der Waals surface area (Å²) in [5.41, 5.74) is 0.826. The molecule has 106 valence electrons. The molecular formula is C16H24O3. The van der Waals surface area contributed by atoms with Gasteiger partial charge in [0.15, 0.2) is 5.78 Å². The van der Waals surface area contributed by atoms with Crippen LogP contribution >= 0.6 is 0 Å². The Hall–Kier alpha value is -1.35. The highest BCUT2D eigenvalue weighted by molar-refractivity contribution is 5.99. The number of ether oxygens (including phenoxy) is 2. The Morgan fingerprint density at radius 2 is 1.89 bits per heavy atom. The molecule has 0 aliphatic heterocycles. The Morgan fingerprint density at radius 3 is 2.53 bits per heavy atom. The molecule has 0 unspecified atom stereocenters. The van der Waals surface area contributed by atoms with Gasteiger partial charge in [0.05, 0.1) is 12.2 Å². The van der Waals surface area contributed by atoms with Gasteiger partial charge in [-0.3, -0.25) is 4.79 Å². The van der Waals surface area contributed by atoms with E-state index in [1.165, 1.54) is 0 Å². The number of ketones is 1. The molecule has 0 radical (unpaired) electrons. The quantitative estimate of drug-likeness (QED) is 0.556. The predicted octanol–water partition coefficient (Wildman–Crippen LogP) is 3.72. The van der Waals surface area contributed by atoms with Crippen LogP contribution in [0.15, 0.2) is 24.3 Å². The number of hydrogen-bond donors (Lipinski definition) is 0. The van der Waals surface area contributed by atoms with E-state index >= 15 is 0 Å². The molecule has 0 spiro atoms. The van der Waals surface area contributed by atoms with Crippen LogP contribution in [0.5, 0.6) is 5.75 Å². The van der Waals surface area contributed by atoms with Gasteiger partial charge in [0.2, 0.25) is 0 Å². The van der Waals surface area contributed by atoms with Crippen LogP contribution in [0.3, 0.4) is 0 Å². The Balaban J connectivity index is 2.49. The van der Waals surface area contributed by atoms with Crippen LogP contribution < -0.4 is 4.74 Å². The molecule has 0 aliphatic carbocycles. The first-order chi connectivity index (χ1) is 8.94. The fourth-order valence-corrected chi connectivity index (χ4v) is 1.60. The predicted molar refractivity (Wildman–Crippen MR) is 76.8 cm³/mol. The lowest BCUT2D eigenvalue weighted by atomic mass is 9.93. The standard InChI is InChI=1S/C16H24O3/c1-5-19-15-9-7-6-8-13(15)14(17)12-18-11-10-16(2,3)4/h6-9H,5,10-12H2,1-4H3. The summed E-state index contributed by atoms with van der Waals surface area (Å²) in [4.78, 5) is 12.1. The van der Waals surface area contributed by atoms with Crippen molar-refractivity contribution < 1.29 is 14.3 Å². The molecule has 0 heterocycles. The summed E-state index contributed by atoms with van der Waals surface area (Å²) in [5, 5.41) is 0. The molecule has 0 amide bonds. The van der Waals surface area contributed by atoms with Crippen LogP contribution in [0.2, 0.25) is 0 Å². The third kappa shape index (κ3) is 5.88. The topological polar surface area (TPSA) is 35.5 Å². The van der Waals surface area contributed by atoms with E-state index in [1.54, 1.807) is 6.07 Å². The van der Waals surface area contributed by atoms with Crippen LogP contribution in [0.4, 0.5) is 0 Å². The van der Waals surface area contributed by atoms with E-state index in [-0.39, 0.29) is 17.8 Å². The number of carbonyl (C=O) groups is 1. The molecule has 1 aromatic rings. The Labute approximate surface area is 115 Å². The Kier molecular flexibility index (Phi) is 6.03. The van der Waals surface area contributed by atoms with Crippen molar-refractivity contribution >= 4 is 5.78 Å². The summed E-state index contributed by atoms with van der Waals surface area (Å²) in [5.74, 6) is 0.604. The second kappa shape index (κ2) is 7.29. The molecule has 0 fully saturated rings. The van der Waals surface area contributed by atoms with Crippen molar-refractivity contribution in [3.8, 4) is 5.75 Å². The van der Waals surface area contributed by atoms with Crippen LogP contribution in [-0.4, -0.2) is 25.6 Å². The molecule has 0 atom stereocenters. The van der Waals surface area contributed by atoms with Crippen molar-refractivity contribution in [3.05, 3.63) is 29.8 Å². The molecule has 0 saturated carbocycles. The minimum atomic E-state index is -0.0297. The molecule has 0 bridgehead atoms. The zero-order valence-electron chi connectivity index (χ0n) is 12.4. The fraction of sp³-hybridized carbons (Fsp3) is 0.562. The molecule has 1 aromatic carbocycles. The van der Waals surface area contributed by atoms with Crippen LogP contribution in [0.25, 0.3) is 0 Å². The number of Topliss-reactive ketones (excluding diaryl/α,β-unsaturated/α-hetero) is 1. The molecule has 0 N–H and O–H groups in total. The van der Waals surface area contributed by atoms with E-state index in [2.05, 4.69) is 20.8 Å². The zero-order chi connectivity index (χ0) is 14.3. The molecule has 3 heteroatoms. The number of rotatable bonds is 7. The third-order valence-electron chi connectivity index (χ3n) is 2.72. The van der Waals surface area contributed by atoms with Crippen LogP contribution in [0, 0.1) is 5.41 Å². The van der Waals surface area contributed by atoms with Crippen molar-refractivity contribution in [2.45, 2.75) is 34.1 Å². The monoisotopic (exact) mass is 264 g/mol. The summed E-state index contributed by atoms with van der Waals surface area (Å²) in [6.07, 6.45) is 0.938. The van der Waals surface area contributed by atoms with Gasteiger partial charge in [-0.25, -0.2) is 0 Å². The second-order valence-electron chi connectivity index (χ2n) is 5.72. The van der Waals surface area contributed by atoms with E-state index < -0.39 is 0 Å². The lowest BCUT2D eigenvalue weighted by Gasteiger charge is -2.17. The summed E-state index contributed by atoms with van der Waals surface area (Å²) < 4.78 is 10.9. The van der Waals surface area contributed by atoms with E-state index in [0.717, 1.165) is 6.42 Å². The summed E-state index contributed by atoms with van der Waals surface area (Å²) >= 11 is 0. The summed E-state index contributed by atoms with van der Waals surface area (Å²) in [6.45, 7) is 9.64. The highest BCUT2D eigenvalue weighted by Gasteiger charge is 2.13. The van der Waals surface area contributed by atoms with Gasteiger partial charge in [0.25, 0.3) is 0 Å². The maximum absolute atomic E-state index is 12.1. The highest BCUT2D eigenvalue weighted by atomic mass is 16.5. The smallest absolute Gasteiger partial charge is 0.192 e. The Bertz CT molecular complexity index is 405. The largest absolute Gasteiger partial charge is 0.493 e. The van der Waals surface area contributed by atoms with Crippen molar-refractivity contribution in [1.29, 1.82) is 0 Å². The van der Waals surface area contributed by atoms with Crippen molar-refractivity contribution in [1.82, 2.24) is 0 Å². The van der Waals surface area contributed by atoms with E-state index in [0.29, 0.717) is 24.5 Å². The van der Waals surface area contributed by atoms with Crippen LogP contribution in [0.1, 0.15) is 44.5 Å². The van der Waals surface area contributed by atoms with Gasteiger partial charge in [0.1, 0.15) is 12.4 Å². The molecule has 19 heavy (non-hydrogen) atoms. The van der Waals surface area contributed by atoms with Gasteiger partial charge in [0, 0.05) is 6.61 Å². The van der Waals surface area contributed by atoms with Crippen molar-refractivity contribution in [2.24, 2.45) is 5.41 Å². The third-order valence-corrected chi connectivity index (χ3v) is 2.72. The summed E-state index contributed by atoms with van der Waals surface area (Å²) in [6, 6.07) is 7.29. The molecule has 0 saturated heterocycles. The fourth-order valence-electron chi connectivity index (χ4n) is 1.60. The highest BCUT2D eigenvalue weighted by Crippen LogP contribution is 2.20. The number of benzene rings is 1. The number of carbonyl (C=O) groups excluding carboxylic acids is 1. The number of hydrogen-bond acceptors (Lipinski definition) is 3. The minimum absolute atomic E-state index is 0.0297. The van der Waals surface area contributed by atoms with Gasteiger partial charge in [-0.2, -0.15) is 0 Å². The van der Waals surface area contributed by atoms with Gasteiger partial charge >= 0.3 is 0 Å². The van der Waals surface area contributed by atoms with Crippen molar-refractivity contribution in [2.75, 3.05) is 19.8 Å². The first-order valence-electron chi connectivity index (χ1n) is 6.77. The molecule has 0 aromatic heterocycles. The number of para-hydroxylation sites is 1. The molecule has 1 rings (SSSR count). The molecular weight excluding hydrogens is 240 g/mol. The normalized spacial score (nSPS) is 11.4. The molecule has 0 aliphatic rings. The maximum Gasteiger partial charge on any atom is 0.192 e. The molecule has 3 nitrogen and oxygen atoms in total. The maximum atomic E-state index is 12.1. The second-order valence-corrected chi connectivity index (χ2v) is 5.72. The van der Waals surface area contributed by atoms with E-state index in [9.17, 15) is 4.79 Å². The van der Waals surface area contributed by atoms with Gasteiger partial charge in [-0.15, -0.1) is 0 Å². The minimum Gasteiger partial charge on any atom is -0.493 e.